The molecule has 3 fully saturated rings. The molecule has 2 saturated heterocycles. The number of hydrogen-bond acceptors (Lipinski definition) is 4. The summed E-state index contributed by atoms with van der Waals surface area (Å²) in [6.45, 7) is 8.24. The first kappa shape index (κ1) is 19.7. The topological polar surface area (TPSA) is 39.7 Å². The van der Waals surface area contributed by atoms with Gasteiger partial charge in [-0.3, -0.25) is 9.78 Å². The number of amides is 1. The van der Waals surface area contributed by atoms with Crippen molar-refractivity contribution in [2.45, 2.75) is 57.8 Å². The maximum Gasteiger partial charge on any atom is 0.222 e. The highest BCUT2D eigenvalue weighted by Gasteiger charge is 2.30. The lowest BCUT2D eigenvalue weighted by Gasteiger charge is -2.34. The van der Waals surface area contributed by atoms with Crippen LogP contribution in [0.5, 0.6) is 0 Å². The van der Waals surface area contributed by atoms with Crippen LogP contribution in [0.2, 0.25) is 0 Å². The SMILES string of the molecule is Cc1cc(N2CCN(C)CC2)cc([C@H]2CCN(C(=O)CC3CCCCC3)C2)n1. The third-order valence-electron chi connectivity index (χ3n) is 6.97. The van der Waals surface area contributed by atoms with Crippen LogP contribution >= 0.6 is 0 Å². The third kappa shape index (κ3) is 4.68. The number of piperazine rings is 1. The Morgan fingerprint density at radius 3 is 2.54 bits per heavy atom. The van der Waals surface area contributed by atoms with Crippen LogP contribution in [-0.2, 0) is 4.79 Å². The van der Waals surface area contributed by atoms with Gasteiger partial charge in [0.05, 0.1) is 0 Å². The number of aromatic nitrogens is 1. The smallest absolute Gasteiger partial charge is 0.222 e. The highest BCUT2D eigenvalue weighted by atomic mass is 16.2. The Bertz CT molecular complexity index is 677. The number of nitrogens with zero attached hydrogens (tertiary/aromatic N) is 4. The van der Waals surface area contributed by atoms with Crippen LogP contribution < -0.4 is 4.90 Å². The monoisotopic (exact) mass is 384 g/mol. The minimum absolute atomic E-state index is 0.376. The van der Waals surface area contributed by atoms with E-state index in [9.17, 15) is 4.79 Å². The zero-order chi connectivity index (χ0) is 19.5. The largest absolute Gasteiger partial charge is 0.369 e. The Morgan fingerprint density at radius 1 is 1.04 bits per heavy atom. The Morgan fingerprint density at radius 2 is 1.79 bits per heavy atom. The molecular formula is C23H36N4O. The predicted molar refractivity (Wildman–Crippen MR) is 114 cm³/mol. The van der Waals surface area contributed by atoms with Crippen LogP contribution in [0.1, 0.15) is 62.3 Å². The lowest BCUT2D eigenvalue weighted by Crippen LogP contribution is -2.44. The molecule has 0 N–H and O–H groups in total. The molecule has 3 heterocycles. The molecule has 1 aliphatic carbocycles. The molecule has 5 heteroatoms. The van der Waals surface area contributed by atoms with Gasteiger partial charge in [-0.05, 0) is 51.3 Å². The second-order valence-corrected chi connectivity index (χ2v) is 9.22. The molecule has 28 heavy (non-hydrogen) atoms. The maximum atomic E-state index is 12.8. The molecule has 1 saturated carbocycles. The quantitative estimate of drug-likeness (QED) is 0.797. The summed E-state index contributed by atoms with van der Waals surface area (Å²) in [6.07, 6.45) is 8.28. The average Bonchev–Trinajstić information content (AvgIpc) is 3.19. The van der Waals surface area contributed by atoms with E-state index in [1.165, 1.54) is 43.5 Å². The highest BCUT2D eigenvalue weighted by molar-refractivity contribution is 5.77. The minimum atomic E-state index is 0.376. The zero-order valence-electron chi connectivity index (χ0n) is 17.7. The van der Waals surface area contributed by atoms with E-state index in [4.69, 9.17) is 4.98 Å². The number of anilines is 1. The molecule has 1 aromatic rings. The van der Waals surface area contributed by atoms with Gasteiger partial charge in [0.15, 0.2) is 0 Å². The van der Waals surface area contributed by atoms with Gasteiger partial charge < -0.3 is 14.7 Å². The van der Waals surface area contributed by atoms with Gasteiger partial charge in [0, 0.05) is 68.7 Å². The number of carbonyl (C=O) groups excluding carboxylic acids is 1. The second-order valence-electron chi connectivity index (χ2n) is 9.22. The zero-order valence-corrected chi connectivity index (χ0v) is 17.7. The predicted octanol–water partition coefficient (Wildman–Crippen LogP) is 3.43. The van der Waals surface area contributed by atoms with Crippen molar-refractivity contribution in [2.24, 2.45) is 5.92 Å². The number of carbonyl (C=O) groups is 1. The van der Waals surface area contributed by atoms with Crippen LogP contribution in [0, 0.1) is 12.8 Å². The van der Waals surface area contributed by atoms with Crippen LogP contribution in [0.4, 0.5) is 5.69 Å². The fourth-order valence-electron chi connectivity index (χ4n) is 5.13. The molecule has 3 aliphatic rings. The van der Waals surface area contributed by atoms with Crippen molar-refractivity contribution in [2.75, 3.05) is 51.2 Å². The first-order valence-electron chi connectivity index (χ1n) is 11.3. The standard InChI is InChI=1S/C23H36N4O/c1-18-14-21(26-12-10-25(2)11-13-26)16-22(24-18)20-8-9-27(17-20)23(28)15-19-6-4-3-5-7-19/h14,16,19-20H,3-13,15,17H2,1-2H3/t20-/m0/s1. The van der Waals surface area contributed by atoms with Gasteiger partial charge in [-0.2, -0.15) is 0 Å². The number of hydrogen-bond donors (Lipinski definition) is 0. The molecule has 0 radical (unpaired) electrons. The number of likely N-dealkylation sites (tertiary alicyclic amines) is 1. The first-order valence-corrected chi connectivity index (χ1v) is 11.3. The molecule has 1 atom stereocenters. The third-order valence-corrected chi connectivity index (χ3v) is 6.97. The number of likely N-dealkylation sites (N-methyl/N-ethyl adjacent to an activating group) is 1. The van der Waals surface area contributed by atoms with Gasteiger partial charge in [0.1, 0.15) is 0 Å². The Hall–Kier alpha value is -1.62. The minimum Gasteiger partial charge on any atom is -0.369 e. The van der Waals surface area contributed by atoms with Gasteiger partial charge in [-0.25, -0.2) is 0 Å². The van der Waals surface area contributed by atoms with Crippen LogP contribution in [0.3, 0.4) is 0 Å². The summed E-state index contributed by atoms with van der Waals surface area (Å²) in [5.41, 5.74) is 3.59. The van der Waals surface area contributed by atoms with Crippen molar-refractivity contribution in [3.8, 4) is 0 Å². The van der Waals surface area contributed by atoms with E-state index in [0.29, 0.717) is 17.7 Å². The van der Waals surface area contributed by atoms with Crippen molar-refractivity contribution in [1.29, 1.82) is 0 Å². The summed E-state index contributed by atoms with van der Waals surface area (Å²) in [6, 6.07) is 4.51. The van der Waals surface area contributed by atoms with Crippen molar-refractivity contribution < 1.29 is 4.79 Å². The summed E-state index contributed by atoms with van der Waals surface area (Å²) >= 11 is 0. The van der Waals surface area contributed by atoms with Gasteiger partial charge in [0.2, 0.25) is 5.91 Å². The van der Waals surface area contributed by atoms with Gasteiger partial charge >= 0.3 is 0 Å². The van der Waals surface area contributed by atoms with Crippen molar-refractivity contribution >= 4 is 11.6 Å². The summed E-state index contributed by atoms with van der Waals surface area (Å²) in [7, 11) is 2.19. The fraction of sp³-hybridized carbons (Fsp3) is 0.739. The first-order chi connectivity index (χ1) is 13.6. The molecule has 154 valence electrons. The van der Waals surface area contributed by atoms with Gasteiger partial charge in [0.25, 0.3) is 0 Å². The molecule has 0 bridgehead atoms. The molecule has 0 aromatic carbocycles. The summed E-state index contributed by atoms with van der Waals surface area (Å²) < 4.78 is 0. The van der Waals surface area contributed by atoms with E-state index in [0.717, 1.165) is 57.8 Å². The van der Waals surface area contributed by atoms with E-state index >= 15 is 0 Å². The van der Waals surface area contributed by atoms with Crippen molar-refractivity contribution in [1.82, 2.24) is 14.8 Å². The molecule has 0 spiro atoms. The molecule has 5 nitrogen and oxygen atoms in total. The number of pyridine rings is 1. The molecular weight excluding hydrogens is 348 g/mol. The number of rotatable bonds is 4. The van der Waals surface area contributed by atoms with Crippen LogP contribution in [0.15, 0.2) is 12.1 Å². The van der Waals surface area contributed by atoms with Gasteiger partial charge in [-0.15, -0.1) is 0 Å². The van der Waals surface area contributed by atoms with E-state index in [-0.39, 0.29) is 0 Å². The van der Waals surface area contributed by atoms with Crippen molar-refractivity contribution in [3.05, 3.63) is 23.5 Å². The Kier molecular flexibility index (Phi) is 6.19. The highest BCUT2D eigenvalue weighted by Crippen LogP contribution is 2.32. The Balaban J connectivity index is 1.38. The second kappa shape index (κ2) is 8.81. The molecule has 2 aliphatic heterocycles. The van der Waals surface area contributed by atoms with Gasteiger partial charge in [-0.1, -0.05) is 19.3 Å². The van der Waals surface area contributed by atoms with E-state index in [1.54, 1.807) is 0 Å². The van der Waals surface area contributed by atoms with Crippen molar-refractivity contribution in [3.63, 3.8) is 0 Å². The molecule has 4 rings (SSSR count). The van der Waals surface area contributed by atoms with Crippen LogP contribution in [-0.4, -0.2) is 67.0 Å². The lowest BCUT2D eigenvalue weighted by molar-refractivity contribution is -0.131. The van der Waals surface area contributed by atoms with E-state index in [2.05, 4.69) is 40.8 Å². The summed E-state index contributed by atoms with van der Waals surface area (Å²) in [4.78, 5) is 24.6. The summed E-state index contributed by atoms with van der Waals surface area (Å²) in [5, 5.41) is 0. The number of aryl methyl sites for hydroxylation is 1. The lowest BCUT2D eigenvalue weighted by atomic mass is 9.87. The Labute approximate surface area is 170 Å². The van der Waals surface area contributed by atoms with E-state index in [1.807, 2.05) is 0 Å². The average molecular weight is 385 g/mol. The molecule has 0 unspecified atom stereocenters. The molecule has 1 aromatic heterocycles. The maximum absolute atomic E-state index is 12.8. The molecule has 1 amide bonds. The van der Waals surface area contributed by atoms with E-state index < -0.39 is 0 Å². The fourth-order valence-corrected chi connectivity index (χ4v) is 5.13. The summed E-state index contributed by atoms with van der Waals surface area (Å²) in [5.74, 6) is 1.39. The van der Waals surface area contributed by atoms with Crippen LogP contribution in [0.25, 0.3) is 0 Å². The normalized spacial score (nSPS) is 24.7.